The Morgan fingerprint density at radius 1 is 1.25 bits per heavy atom. The molecule has 1 aliphatic heterocycles. The minimum atomic E-state index is -0.840. The second-order valence-corrected chi connectivity index (χ2v) is 5.02. The molecule has 1 aromatic carbocycles. The van der Waals surface area contributed by atoms with Crippen LogP contribution in [0.5, 0.6) is 0 Å². The van der Waals surface area contributed by atoms with E-state index in [0.29, 0.717) is 13.0 Å². The Hall–Kier alpha value is -2.04. The molecule has 0 bridgehead atoms. The monoisotopic (exact) mass is 277 g/mol. The molecule has 0 saturated carbocycles. The fourth-order valence-corrected chi connectivity index (χ4v) is 2.32. The summed E-state index contributed by atoms with van der Waals surface area (Å²) in [6.07, 6.45) is 1.85. The van der Waals surface area contributed by atoms with Gasteiger partial charge in [0.15, 0.2) is 0 Å². The summed E-state index contributed by atoms with van der Waals surface area (Å²) in [4.78, 5) is 24.6. The summed E-state index contributed by atoms with van der Waals surface area (Å²) in [6, 6.07) is 9.44. The molecule has 1 heterocycles. The second-order valence-electron chi connectivity index (χ2n) is 5.02. The van der Waals surface area contributed by atoms with Gasteiger partial charge in [-0.3, -0.25) is 4.79 Å². The average Bonchev–Trinajstić information content (AvgIpc) is 2.72. The molecule has 108 valence electrons. The number of hydrogen-bond donors (Lipinski definition) is 1. The Labute approximate surface area is 118 Å². The third-order valence-electron chi connectivity index (χ3n) is 3.48. The largest absolute Gasteiger partial charge is 0.481 e. The normalized spacial score (nSPS) is 19.2. The maximum Gasteiger partial charge on any atom is 0.410 e. The molecular formula is C15H19NO4. The van der Waals surface area contributed by atoms with Crippen LogP contribution in [0.2, 0.25) is 0 Å². The summed E-state index contributed by atoms with van der Waals surface area (Å²) in [5.74, 6) is -1.32. The van der Waals surface area contributed by atoms with Crippen LogP contribution in [0.1, 0.15) is 24.8 Å². The summed E-state index contributed by atoms with van der Waals surface area (Å²) in [5.41, 5.74) is 0.922. The summed E-state index contributed by atoms with van der Waals surface area (Å²) >= 11 is 0. The first-order chi connectivity index (χ1) is 9.66. The van der Waals surface area contributed by atoms with Crippen LogP contribution < -0.4 is 0 Å². The number of carbonyl (C=O) groups is 2. The van der Waals surface area contributed by atoms with Crippen molar-refractivity contribution in [2.45, 2.75) is 25.9 Å². The zero-order chi connectivity index (χ0) is 14.4. The van der Waals surface area contributed by atoms with Crippen molar-refractivity contribution in [2.75, 3.05) is 13.1 Å². The number of ether oxygens (including phenoxy) is 1. The molecule has 0 unspecified atom stereocenters. The van der Waals surface area contributed by atoms with Gasteiger partial charge in [-0.15, -0.1) is 0 Å². The fraction of sp³-hybridized carbons (Fsp3) is 0.467. The molecular weight excluding hydrogens is 258 g/mol. The first kappa shape index (κ1) is 14.4. The highest BCUT2D eigenvalue weighted by molar-refractivity contribution is 5.72. The van der Waals surface area contributed by atoms with Crippen LogP contribution >= 0.6 is 0 Å². The van der Waals surface area contributed by atoms with Gasteiger partial charge in [-0.05, 0) is 18.4 Å². The maximum atomic E-state index is 12.0. The molecule has 1 atom stereocenters. The van der Waals surface area contributed by atoms with Crippen molar-refractivity contribution >= 4 is 12.1 Å². The average molecular weight is 277 g/mol. The van der Waals surface area contributed by atoms with Crippen molar-refractivity contribution in [3.05, 3.63) is 35.9 Å². The van der Waals surface area contributed by atoms with Crippen molar-refractivity contribution in [3.8, 4) is 0 Å². The molecule has 1 aromatic rings. The lowest BCUT2D eigenvalue weighted by Gasteiger charge is -2.22. The number of carbonyl (C=O) groups excluding carboxylic acids is 1. The number of rotatable bonds is 3. The number of carboxylic acid groups (broad SMARTS) is 1. The summed E-state index contributed by atoms with van der Waals surface area (Å²) in [6.45, 7) is 1.02. The van der Waals surface area contributed by atoms with Gasteiger partial charge in [-0.1, -0.05) is 36.8 Å². The van der Waals surface area contributed by atoms with E-state index in [1.807, 2.05) is 30.3 Å². The Morgan fingerprint density at radius 2 is 2.00 bits per heavy atom. The molecule has 2 rings (SSSR count). The third-order valence-corrected chi connectivity index (χ3v) is 3.48. The molecule has 5 nitrogen and oxygen atoms in total. The van der Waals surface area contributed by atoms with Crippen molar-refractivity contribution in [1.29, 1.82) is 0 Å². The highest BCUT2D eigenvalue weighted by Gasteiger charge is 2.27. The highest BCUT2D eigenvalue weighted by Crippen LogP contribution is 2.17. The minimum absolute atomic E-state index is 0.216. The number of carboxylic acids is 1. The number of amides is 1. The lowest BCUT2D eigenvalue weighted by atomic mass is 10.0. The van der Waals surface area contributed by atoms with Crippen LogP contribution in [0.15, 0.2) is 30.3 Å². The van der Waals surface area contributed by atoms with Crippen molar-refractivity contribution in [3.63, 3.8) is 0 Å². The minimum Gasteiger partial charge on any atom is -0.481 e. The van der Waals surface area contributed by atoms with E-state index >= 15 is 0 Å². The van der Waals surface area contributed by atoms with Gasteiger partial charge in [0.1, 0.15) is 6.61 Å². The number of aliphatic carboxylic acids is 1. The second kappa shape index (κ2) is 6.93. The van der Waals surface area contributed by atoms with Gasteiger partial charge >= 0.3 is 12.1 Å². The van der Waals surface area contributed by atoms with Crippen LogP contribution in [0.25, 0.3) is 0 Å². The van der Waals surface area contributed by atoms with Crippen molar-refractivity contribution < 1.29 is 19.4 Å². The molecule has 0 radical (unpaired) electrons. The Kier molecular flexibility index (Phi) is 4.98. The smallest absolute Gasteiger partial charge is 0.410 e. The molecule has 1 amide bonds. The van der Waals surface area contributed by atoms with E-state index in [0.717, 1.165) is 18.4 Å². The zero-order valence-corrected chi connectivity index (χ0v) is 11.3. The lowest BCUT2D eigenvalue weighted by molar-refractivity contribution is -0.142. The Bertz CT molecular complexity index is 460. The quantitative estimate of drug-likeness (QED) is 0.921. The predicted molar refractivity (Wildman–Crippen MR) is 73.2 cm³/mol. The van der Waals surface area contributed by atoms with Gasteiger partial charge in [0, 0.05) is 13.1 Å². The highest BCUT2D eigenvalue weighted by atomic mass is 16.6. The maximum absolute atomic E-state index is 12.0. The molecule has 1 saturated heterocycles. The van der Waals surface area contributed by atoms with Crippen LogP contribution in [0, 0.1) is 5.92 Å². The summed E-state index contributed by atoms with van der Waals surface area (Å²) in [7, 11) is 0. The van der Waals surface area contributed by atoms with E-state index < -0.39 is 18.0 Å². The molecule has 1 N–H and O–H groups in total. The molecule has 0 aliphatic carbocycles. The fourth-order valence-electron chi connectivity index (χ4n) is 2.32. The molecule has 1 fully saturated rings. The first-order valence-electron chi connectivity index (χ1n) is 6.85. The molecule has 0 spiro atoms. The van der Waals surface area contributed by atoms with Gasteiger partial charge < -0.3 is 14.7 Å². The van der Waals surface area contributed by atoms with E-state index in [1.54, 1.807) is 0 Å². The van der Waals surface area contributed by atoms with Gasteiger partial charge in [-0.2, -0.15) is 0 Å². The van der Waals surface area contributed by atoms with Crippen LogP contribution in [-0.2, 0) is 16.1 Å². The molecule has 0 aromatic heterocycles. The number of hydrogen-bond acceptors (Lipinski definition) is 3. The number of nitrogens with zero attached hydrogens (tertiary/aromatic N) is 1. The van der Waals surface area contributed by atoms with E-state index in [2.05, 4.69) is 0 Å². The molecule has 1 aliphatic rings. The first-order valence-corrected chi connectivity index (χ1v) is 6.85. The van der Waals surface area contributed by atoms with E-state index in [-0.39, 0.29) is 13.2 Å². The van der Waals surface area contributed by atoms with Crippen molar-refractivity contribution in [1.82, 2.24) is 4.90 Å². The molecule has 20 heavy (non-hydrogen) atoms. The van der Waals surface area contributed by atoms with E-state index in [4.69, 9.17) is 9.84 Å². The van der Waals surface area contributed by atoms with Crippen LogP contribution in [0.3, 0.4) is 0 Å². The number of benzene rings is 1. The third kappa shape index (κ3) is 3.98. The van der Waals surface area contributed by atoms with Crippen LogP contribution in [0.4, 0.5) is 4.79 Å². The van der Waals surface area contributed by atoms with E-state index in [9.17, 15) is 9.59 Å². The topological polar surface area (TPSA) is 66.8 Å². The Balaban J connectivity index is 1.89. The Morgan fingerprint density at radius 3 is 2.70 bits per heavy atom. The standard InChI is InChI=1S/C15H19NO4/c17-14(18)13-8-4-5-9-16(10-13)15(19)20-11-12-6-2-1-3-7-12/h1-3,6-7,13H,4-5,8-11H2,(H,17,18)/t13-/m0/s1. The van der Waals surface area contributed by atoms with Crippen LogP contribution in [-0.4, -0.2) is 35.2 Å². The summed E-state index contributed by atoms with van der Waals surface area (Å²) < 4.78 is 5.25. The predicted octanol–water partition coefficient (Wildman–Crippen LogP) is 2.51. The summed E-state index contributed by atoms with van der Waals surface area (Å²) in [5, 5.41) is 9.09. The van der Waals surface area contributed by atoms with Gasteiger partial charge in [0.25, 0.3) is 0 Å². The molecule has 5 heteroatoms. The number of likely N-dealkylation sites (tertiary alicyclic amines) is 1. The van der Waals surface area contributed by atoms with Crippen molar-refractivity contribution in [2.24, 2.45) is 5.92 Å². The SMILES string of the molecule is O=C(O)[C@H]1CCCCN(C(=O)OCc2ccccc2)C1. The van der Waals surface area contributed by atoms with Gasteiger partial charge in [0.05, 0.1) is 5.92 Å². The zero-order valence-electron chi connectivity index (χ0n) is 11.3. The van der Waals surface area contributed by atoms with E-state index in [1.165, 1.54) is 4.90 Å². The lowest BCUT2D eigenvalue weighted by Crippen LogP contribution is -2.37. The van der Waals surface area contributed by atoms with Gasteiger partial charge in [0.2, 0.25) is 0 Å². The van der Waals surface area contributed by atoms with Gasteiger partial charge in [-0.25, -0.2) is 4.79 Å².